The first-order valence-electron chi connectivity index (χ1n) is 6.95. The number of hydrogen-bond acceptors (Lipinski definition) is 3. The first-order valence-corrected chi connectivity index (χ1v) is 6.95. The third kappa shape index (κ3) is 4.32. The lowest BCUT2D eigenvalue weighted by Crippen LogP contribution is -2.32. The molecule has 0 saturated carbocycles. The quantitative estimate of drug-likeness (QED) is 0.760. The van der Waals surface area contributed by atoms with Gasteiger partial charge in [-0.15, -0.1) is 0 Å². The van der Waals surface area contributed by atoms with E-state index in [0.29, 0.717) is 18.7 Å². The highest BCUT2D eigenvalue weighted by atomic mass is 16.3. The number of nitrogens with one attached hydrogen (secondary N) is 2. The zero-order chi connectivity index (χ0) is 15.1. The summed E-state index contributed by atoms with van der Waals surface area (Å²) in [5.74, 6) is 0.238. The van der Waals surface area contributed by atoms with Crippen molar-refractivity contribution in [1.82, 2.24) is 15.1 Å². The monoisotopic (exact) mass is 288 g/mol. The van der Waals surface area contributed by atoms with E-state index in [1.807, 2.05) is 43.5 Å². The second-order valence-corrected chi connectivity index (χ2v) is 4.92. The van der Waals surface area contributed by atoms with Crippen LogP contribution in [0.2, 0.25) is 0 Å². The van der Waals surface area contributed by atoms with Crippen molar-refractivity contribution in [3.8, 4) is 5.69 Å². The number of carbonyl (C=O) groups excluding carboxylic acids is 1. The summed E-state index contributed by atoms with van der Waals surface area (Å²) in [6, 6.07) is 9.03. The van der Waals surface area contributed by atoms with Gasteiger partial charge in [-0.1, -0.05) is 19.1 Å². The summed E-state index contributed by atoms with van der Waals surface area (Å²) in [6.45, 7) is 2.64. The summed E-state index contributed by atoms with van der Waals surface area (Å²) >= 11 is 0. The van der Waals surface area contributed by atoms with Crippen LogP contribution in [0.1, 0.15) is 13.3 Å². The predicted molar refractivity (Wildman–Crippen MR) is 81.5 cm³/mol. The molecule has 1 unspecified atom stereocenters. The van der Waals surface area contributed by atoms with Crippen LogP contribution in [-0.2, 0) is 0 Å². The number of hydrogen-bond donors (Lipinski definition) is 3. The van der Waals surface area contributed by atoms with E-state index in [0.717, 1.165) is 5.69 Å². The molecule has 2 rings (SSSR count). The maximum atomic E-state index is 11.9. The number of aromatic nitrogens is 2. The Morgan fingerprint density at radius 3 is 2.90 bits per heavy atom. The average Bonchev–Trinajstić information content (AvgIpc) is 3.00. The Morgan fingerprint density at radius 1 is 1.38 bits per heavy atom. The van der Waals surface area contributed by atoms with Gasteiger partial charge in [0.1, 0.15) is 0 Å². The first-order chi connectivity index (χ1) is 10.2. The van der Waals surface area contributed by atoms with Gasteiger partial charge in [0.15, 0.2) is 0 Å². The van der Waals surface area contributed by atoms with Crippen molar-refractivity contribution in [2.75, 3.05) is 18.5 Å². The zero-order valence-electron chi connectivity index (χ0n) is 12.0. The number of aliphatic hydroxyl groups is 1. The van der Waals surface area contributed by atoms with Crippen LogP contribution in [0.4, 0.5) is 10.5 Å². The highest BCUT2D eigenvalue weighted by Gasteiger charge is 2.09. The van der Waals surface area contributed by atoms with Gasteiger partial charge >= 0.3 is 6.03 Å². The Kier molecular flexibility index (Phi) is 5.34. The van der Waals surface area contributed by atoms with E-state index in [1.54, 1.807) is 10.9 Å². The molecule has 0 aliphatic rings. The van der Waals surface area contributed by atoms with Gasteiger partial charge in [0.25, 0.3) is 0 Å². The average molecular weight is 288 g/mol. The van der Waals surface area contributed by atoms with E-state index in [4.69, 9.17) is 5.11 Å². The fourth-order valence-corrected chi connectivity index (χ4v) is 1.95. The van der Waals surface area contributed by atoms with Gasteiger partial charge in [0.2, 0.25) is 0 Å². The van der Waals surface area contributed by atoms with E-state index in [1.165, 1.54) is 0 Å². The van der Waals surface area contributed by atoms with Crippen LogP contribution in [0, 0.1) is 5.92 Å². The lowest BCUT2D eigenvalue weighted by molar-refractivity contribution is 0.243. The summed E-state index contributed by atoms with van der Waals surface area (Å²) in [5, 5.41) is 18.6. The molecule has 0 aliphatic heterocycles. The summed E-state index contributed by atoms with van der Waals surface area (Å²) in [4.78, 5) is 11.9. The molecule has 2 aromatic rings. The van der Waals surface area contributed by atoms with Crippen LogP contribution >= 0.6 is 0 Å². The summed E-state index contributed by atoms with van der Waals surface area (Å²) < 4.78 is 1.70. The molecular formula is C15H20N4O2. The van der Waals surface area contributed by atoms with Gasteiger partial charge in [-0.25, -0.2) is 9.48 Å². The minimum Gasteiger partial charge on any atom is -0.396 e. The SMILES string of the molecule is CC(CCO)CNC(=O)Nc1ccccc1-n1cccn1. The van der Waals surface area contributed by atoms with Crippen molar-refractivity contribution in [3.63, 3.8) is 0 Å². The number of amides is 2. The van der Waals surface area contributed by atoms with Crippen LogP contribution in [0.5, 0.6) is 0 Å². The van der Waals surface area contributed by atoms with Crippen LogP contribution < -0.4 is 10.6 Å². The smallest absolute Gasteiger partial charge is 0.319 e. The van der Waals surface area contributed by atoms with Crippen LogP contribution in [-0.4, -0.2) is 34.1 Å². The molecule has 1 heterocycles. The number of para-hydroxylation sites is 2. The van der Waals surface area contributed by atoms with Gasteiger partial charge in [-0.05, 0) is 30.5 Å². The lowest BCUT2D eigenvalue weighted by atomic mass is 10.1. The van der Waals surface area contributed by atoms with Gasteiger partial charge in [0, 0.05) is 25.5 Å². The van der Waals surface area contributed by atoms with E-state index in [9.17, 15) is 4.79 Å². The number of carbonyl (C=O) groups is 1. The molecule has 0 radical (unpaired) electrons. The predicted octanol–water partition coefficient (Wildman–Crippen LogP) is 2.01. The second kappa shape index (κ2) is 7.44. The van der Waals surface area contributed by atoms with Crippen molar-refractivity contribution in [1.29, 1.82) is 0 Å². The fourth-order valence-electron chi connectivity index (χ4n) is 1.95. The Labute approximate surface area is 123 Å². The van der Waals surface area contributed by atoms with Crippen LogP contribution in [0.15, 0.2) is 42.7 Å². The van der Waals surface area contributed by atoms with Crippen molar-refractivity contribution in [2.24, 2.45) is 5.92 Å². The minimum absolute atomic E-state index is 0.132. The number of rotatable bonds is 6. The molecule has 0 aliphatic carbocycles. The molecule has 112 valence electrons. The lowest BCUT2D eigenvalue weighted by Gasteiger charge is -2.14. The number of anilines is 1. The Hall–Kier alpha value is -2.34. The topological polar surface area (TPSA) is 79.2 Å². The maximum Gasteiger partial charge on any atom is 0.319 e. The zero-order valence-corrected chi connectivity index (χ0v) is 12.0. The van der Waals surface area contributed by atoms with Gasteiger partial charge in [-0.2, -0.15) is 5.10 Å². The van der Waals surface area contributed by atoms with Gasteiger partial charge < -0.3 is 15.7 Å². The molecule has 0 fully saturated rings. The molecule has 6 heteroatoms. The molecule has 21 heavy (non-hydrogen) atoms. The third-order valence-corrected chi connectivity index (χ3v) is 3.14. The highest BCUT2D eigenvalue weighted by Crippen LogP contribution is 2.18. The van der Waals surface area contributed by atoms with Gasteiger partial charge in [0.05, 0.1) is 11.4 Å². The minimum atomic E-state index is -0.264. The van der Waals surface area contributed by atoms with E-state index >= 15 is 0 Å². The maximum absolute atomic E-state index is 11.9. The normalized spacial score (nSPS) is 11.9. The summed E-state index contributed by atoms with van der Waals surface area (Å²) in [5.41, 5.74) is 1.49. The van der Waals surface area contributed by atoms with E-state index < -0.39 is 0 Å². The largest absolute Gasteiger partial charge is 0.396 e. The highest BCUT2D eigenvalue weighted by molar-refractivity contribution is 5.91. The number of urea groups is 1. The molecule has 0 bridgehead atoms. The van der Waals surface area contributed by atoms with Crippen molar-refractivity contribution in [3.05, 3.63) is 42.7 Å². The fraction of sp³-hybridized carbons (Fsp3) is 0.333. The van der Waals surface area contributed by atoms with Crippen molar-refractivity contribution < 1.29 is 9.90 Å². The van der Waals surface area contributed by atoms with Crippen LogP contribution in [0.25, 0.3) is 5.69 Å². The molecule has 1 aromatic heterocycles. The van der Waals surface area contributed by atoms with Gasteiger partial charge in [-0.3, -0.25) is 0 Å². The van der Waals surface area contributed by atoms with Crippen LogP contribution in [0.3, 0.4) is 0 Å². The summed E-state index contributed by atoms with van der Waals surface area (Å²) in [6.07, 6.45) is 4.18. The molecule has 2 amide bonds. The first kappa shape index (κ1) is 15.1. The number of benzene rings is 1. The number of aliphatic hydroxyl groups excluding tert-OH is 1. The molecule has 1 aromatic carbocycles. The second-order valence-electron chi connectivity index (χ2n) is 4.92. The molecule has 0 saturated heterocycles. The van der Waals surface area contributed by atoms with E-state index in [-0.39, 0.29) is 18.6 Å². The molecule has 6 nitrogen and oxygen atoms in total. The van der Waals surface area contributed by atoms with Crippen molar-refractivity contribution >= 4 is 11.7 Å². The molecule has 3 N–H and O–H groups in total. The molecular weight excluding hydrogens is 268 g/mol. The number of nitrogens with zero attached hydrogens (tertiary/aromatic N) is 2. The third-order valence-electron chi connectivity index (χ3n) is 3.14. The molecule has 0 spiro atoms. The Morgan fingerprint density at radius 2 is 2.19 bits per heavy atom. The summed E-state index contributed by atoms with van der Waals surface area (Å²) in [7, 11) is 0. The standard InChI is InChI=1S/C15H20N4O2/c1-12(7-10-20)11-16-15(21)18-13-5-2-3-6-14(13)19-9-4-8-17-19/h2-6,8-9,12,20H,7,10-11H2,1H3,(H2,16,18,21). The molecule has 1 atom stereocenters. The Bertz CT molecular complexity index is 569. The Balaban J connectivity index is 1.98. The van der Waals surface area contributed by atoms with Crippen molar-refractivity contribution in [2.45, 2.75) is 13.3 Å². The van der Waals surface area contributed by atoms with E-state index in [2.05, 4.69) is 15.7 Å².